The van der Waals surface area contributed by atoms with E-state index in [1.165, 1.54) is 0 Å². The Balaban J connectivity index is 1.91. The van der Waals surface area contributed by atoms with Crippen molar-refractivity contribution in [3.8, 4) is 0 Å². The quantitative estimate of drug-likeness (QED) is 0.661. The summed E-state index contributed by atoms with van der Waals surface area (Å²) >= 11 is 17.5. The van der Waals surface area contributed by atoms with Gasteiger partial charge in [0, 0.05) is 17.8 Å². The SMILES string of the molecule is C[C@@H](CC(=O)N1[C@@H]2C[C@H]3CC[C@]2(CS1(=O)=O)C3(C)C)C(Cl)(Cl)Cl. The summed E-state index contributed by atoms with van der Waals surface area (Å²) in [5, 5.41) is 0. The van der Waals surface area contributed by atoms with Gasteiger partial charge in [0.2, 0.25) is 15.9 Å². The van der Waals surface area contributed by atoms with Crippen molar-refractivity contribution in [3.63, 3.8) is 0 Å². The molecule has 0 aromatic heterocycles. The molecule has 3 rings (SSSR count). The van der Waals surface area contributed by atoms with Crippen molar-refractivity contribution < 1.29 is 13.2 Å². The average Bonchev–Trinajstić information content (AvgIpc) is 2.83. The number of carbonyl (C=O) groups is 1. The largest absolute Gasteiger partial charge is 0.274 e. The van der Waals surface area contributed by atoms with Crippen LogP contribution >= 0.6 is 34.8 Å². The second-order valence-electron chi connectivity index (χ2n) is 7.96. The Morgan fingerprint density at radius 2 is 1.96 bits per heavy atom. The maximum absolute atomic E-state index is 12.7. The van der Waals surface area contributed by atoms with Crippen LogP contribution in [-0.2, 0) is 14.8 Å². The number of rotatable bonds is 2. The highest BCUT2D eigenvalue weighted by Crippen LogP contribution is 2.70. The number of alkyl halides is 3. The maximum atomic E-state index is 12.7. The van der Waals surface area contributed by atoms with E-state index in [0.29, 0.717) is 5.92 Å². The zero-order valence-electron chi connectivity index (χ0n) is 13.5. The fourth-order valence-corrected chi connectivity index (χ4v) is 7.88. The van der Waals surface area contributed by atoms with Gasteiger partial charge in [0.15, 0.2) is 3.79 Å². The molecule has 0 radical (unpaired) electrons. The number of nitrogens with zero attached hydrogens (tertiary/aromatic N) is 1. The van der Waals surface area contributed by atoms with Crippen LogP contribution in [0, 0.1) is 22.7 Å². The first-order chi connectivity index (χ1) is 10.3. The van der Waals surface area contributed by atoms with Crippen molar-refractivity contribution in [1.29, 1.82) is 0 Å². The van der Waals surface area contributed by atoms with Crippen molar-refractivity contribution in [2.45, 2.75) is 56.3 Å². The van der Waals surface area contributed by atoms with Gasteiger partial charge in [-0.3, -0.25) is 4.79 Å². The third kappa shape index (κ3) is 2.44. The molecule has 132 valence electrons. The molecule has 4 atom stereocenters. The smallest absolute Gasteiger partial charge is 0.238 e. The second-order valence-corrected chi connectivity index (χ2v) is 12.2. The Kier molecular flexibility index (Phi) is 4.05. The van der Waals surface area contributed by atoms with Gasteiger partial charge < -0.3 is 0 Å². The third-order valence-corrected chi connectivity index (χ3v) is 9.75. The van der Waals surface area contributed by atoms with Crippen LogP contribution in [0.3, 0.4) is 0 Å². The molecule has 3 aliphatic rings. The van der Waals surface area contributed by atoms with E-state index in [9.17, 15) is 13.2 Å². The van der Waals surface area contributed by atoms with Crippen LogP contribution in [0.25, 0.3) is 0 Å². The molecule has 1 aliphatic heterocycles. The van der Waals surface area contributed by atoms with E-state index in [1.54, 1.807) is 6.92 Å². The minimum absolute atomic E-state index is 0.0550. The predicted molar refractivity (Wildman–Crippen MR) is 92.0 cm³/mol. The van der Waals surface area contributed by atoms with Crippen LogP contribution in [0.1, 0.15) is 46.5 Å². The lowest BCUT2D eigenvalue weighted by Crippen LogP contribution is -2.45. The molecule has 0 aromatic carbocycles. The first kappa shape index (κ1) is 18.1. The molecule has 1 saturated heterocycles. The molecule has 1 heterocycles. The van der Waals surface area contributed by atoms with Crippen LogP contribution in [0.5, 0.6) is 0 Å². The molecule has 1 spiro atoms. The summed E-state index contributed by atoms with van der Waals surface area (Å²) in [6.45, 7) is 5.95. The van der Waals surface area contributed by atoms with Crippen molar-refractivity contribution in [1.82, 2.24) is 4.31 Å². The topological polar surface area (TPSA) is 54.5 Å². The first-order valence-corrected chi connectivity index (χ1v) is 10.7. The summed E-state index contributed by atoms with van der Waals surface area (Å²) in [7, 11) is -3.60. The van der Waals surface area contributed by atoms with E-state index in [-0.39, 0.29) is 29.0 Å². The minimum atomic E-state index is -3.60. The van der Waals surface area contributed by atoms with Gasteiger partial charge in [-0.25, -0.2) is 12.7 Å². The zero-order valence-corrected chi connectivity index (χ0v) is 16.6. The number of sulfonamides is 1. The number of fused-ring (bicyclic) bond motifs is 1. The summed E-state index contributed by atoms with van der Waals surface area (Å²) < 4.78 is 25.0. The van der Waals surface area contributed by atoms with Crippen molar-refractivity contribution >= 4 is 50.7 Å². The fourth-order valence-electron chi connectivity index (χ4n) is 5.08. The highest BCUT2D eigenvalue weighted by atomic mass is 35.6. The number of halogens is 3. The van der Waals surface area contributed by atoms with Gasteiger partial charge in [-0.1, -0.05) is 55.6 Å². The average molecular weight is 403 g/mol. The molecule has 0 unspecified atom stereocenters. The zero-order chi connectivity index (χ0) is 17.4. The molecule has 8 heteroatoms. The summed E-state index contributed by atoms with van der Waals surface area (Å²) in [6.07, 6.45) is 2.61. The van der Waals surface area contributed by atoms with Crippen molar-refractivity contribution in [3.05, 3.63) is 0 Å². The van der Waals surface area contributed by atoms with Crippen LogP contribution < -0.4 is 0 Å². The van der Waals surface area contributed by atoms with Gasteiger partial charge in [-0.05, 0) is 30.6 Å². The Labute approximate surface area is 152 Å². The molecule has 2 aliphatic carbocycles. The fraction of sp³-hybridized carbons (Fsp3) is 0.933. The van der Waals surface area contributed by atoms with Crippen LogP contribution in [0.15, 0.2) is 0 Å². The van der Waals surface area contributed by atoms with Gasteiger partial charge >= 0.3 is 0 Å². The third-order valence-electron chi connectivity index (χ3n) is 6.70. The van der Waals surface area contributed by atoms with Crippen LogP contribution in [-0.4, -0.2) is 34.2 Å². The molecular formula is C15H22Cl3NO3S. The second kappa shape index (κ2) is 5.15. The predicted octanol–water partition coefficient (Wildman–Crippen LogP) is 3.75. The molecule has 23 heavy (non-hydrogen) atoms. The van der Waals surface area contributed by atoms with Crippen molar-refractivity contribution in [2.75, 3.05) is 5.75 Å². The highest BCUT2D eigenvalue weighted by Gasteiger charge is 2.72. The lowest BCUT2D eigenvalue weighted by molar-refractivity contribution is -0.129. The van der Waals surface area contributed by atoms with Gasteiger partial charge in [-0.15, -0.1) is 0 Å². The van der Waals surface area contributed by atoms with E-state index >= 15 is 0 Å². The molecule has 3 fully saturated rings. The summed E-state index contributed by atoms with van der Waals surface area (Å²) in [5.41, 5.74) is -0.365. The number of amides is 1. The maximum Gasteiger partial charge on any atom is 0.238 e. The highest BCUT2D eigenvalue weighted by molar-refractivity contribution is 7.90. The molecule has 2 bridgehead atoms. The van der Waals surface area contributed by atoms with Crippen molar-refractivity contribution in [2.24, 2.45) is 22.7 Å². The molecular weight excluding hydrogens is 381 g/mol. The van der Waals surface area contributed by atoms with E-state index in [4.69, 9.17) is 34.8 Å². The first-order valence-electron chi connectivity index (χ1n) is 7.94. The lowest BCUT2D eigenvalue weighted by Gasteiger charge is -2.37. The Morgan fingerprint density at radius 3 is 2.48 bits per heavy atom. The van der Waals surface area contributed by atoms with E-state index in [2.05, 4.69) is 13.8 Å². The van der Waals surface area contributed by atoms with Crippen LogP contribution in [0.2, 0.25) is 0 Å². The molecule has 0 aromatic rings. The van der Waals surface area contributed by atoms with Crippen LogP contribution in [0.4, 0.5) is 0 Å². The molecule has 0 N–H and O–H groups in total. The lowest BCUT2D eigenvalue weighted by atomic mass is 9.69. The Bertz CT molecular complexity index is 643. The van der Waals surface area contributed by atoms with Gasteiger partial charge in [0.05, 0.1) is 11.8 Å². The van der Waals surface area contributed by atoms with Gasteiger partial charge in [0.25, 0.3) is 0 Å². The van der Waals surface area contributed by atoms with Gasteiger partial charge in [0.1, 0.15) is 0 Å². The number of carbonyl (C=O) groups excluding carboxylic acids is 1. The standard InChI is InChI=1S/C15H22Cl3NO3S/c1-9(15(16,17)18)6-12(20)19-11-7-10-4-5-14(11,13(10,2)3)8-23(19,21)22/h9-11H,4-8H2,1-3H3/t9-,10+,11+,14+/m0/s1. The molecule has 2 saturated carbocycles. The minimum Gasteiger partial charge on any atom is -0.274 e. The summed E-state index contributed by atoms with van der Waals surface area (Å²) in [5.74, 6) is -0.432. The summed E-state index contributed by atoms with van der Waals surface area (Å²) in [4.78, 5) is 12.7. The Hall–Kier alpha value is 0.290. The van der Waals surface area contributed by atoms with E-state index in [0.717, 1.165) is 23.6 Å². The number of hydrogen-bond acceptors (Lipinski definition) is 3. The Morgan fingerprint density at radius 1 is 1.35 bits per heavy atom. The normalized spacial score (nSPS) is 38.6. The van der Waals surface area contributed by atoms with E-state index < -0.39 is 25.6 Å². The molecule has 4 nitrogen and oxygen atoms in total. The molecule has 1 amide bonds. The van der Waals surface area contributed by atoms with E-state index in [1.807, 2.05) is 0 Å². The summed E-state index contributed by atoms with van der Waals surface area (Å²) in [6, 6.07) is -0.226. The monoisotopic (exact) mass is 401 g/mol. The van der Waals surface area contributed by atoms with Gasteiger partial charge in [-0.2, -0.15) is 0 Å². The number of hydrogen-bond donors (Lipinski definition) is 0.